The van der Waals surface area contributed by atoms with Crippen LogP contribution in [0.25, 0.3) is 11.1 Å². The van der Waals surface area contributed by atoms with Gasteiger partial charge in [-0.05, 0) is 55.7 Å². The van der Waals surface area contributed by atoms with E-state index in [1.165, 1.54) is 0 Å². The fourth-order valence-corrected chi connectivity index (χ4v) is 4.60. The van der Waals surface area contributed by atoms with Crippen molar-refractivity contribution >= 4 is 11.8 Å². The van der Waals surface area contributed by atoms with Crippen molar-refractivity contribution in [1.29, 1.82) is 5.26 Å². The number of nitriles is 1. The van der Waals surface area contributed by atoms with Crippen molar-refractivity contribution in [2.45, 2.75) is 45.6 Å². The molecule has 0 radical (unpaired) electrons. The smallest absolute Gasteiger partial charge is 0.407 e. The van der Waals surface area contributed by atoms with Crippen molar-refractivity contribution in [2.75, 3.05) is 18.0 Å². The third-order valence-electron chi connectivity index (χ3n) is 6.65. The summed E-state index contributed by atoms with van der Waals surface area (Å²) in [5, 5.41) is 12.9. The average molecular weight is 563 g/mol. The van der Waals surface area contributed by atoms with E-state index in [0.717, 1.165) is 27.9 Å². The molecule has 0 spiro atoms. The minimum atomic E-state index is -0.554. The Hall–Kier alpha value is -5.03. The van der Waals surface area contributed by atoms with Gasteiger partial charge in [0.2, 0.25) is 11.8 Å². The Bertz CT molecular complexity index is 1560. The molecule has 8 nitrogen and oxygen atoms in total. The first-order chi connectivity index (χ1) is 20.3. The van der Waals surface area contributed by atoms with E-state index in [1.54, 1.807) is 0 Å². The lowest BCUT2D eigenvalue weighted by atomic mass is 10.00. The third-order valence-corrected chi connectivity index (χ3v) is 6.65. The number of nitrogens with zero attached hydrogens (tertiary/aromatic N) is 3. The summed E-state index contributed by atoms with van der Waals surface area (Å²) in [5.74, 6) is 0.874. The number of aromatic nitrogens is 1. The van der Waals surface area contributed by atoms with Crippen LogP contribution in [-0.2, 0) is 18.0 Å². The molecule has 2 heterocycles. The first-order valence-electron chi connectivity index (χ1n) is 13.9. The topological polar surface area (TPSA) is 96.7 Å². The zero-order valence-electron chi connectivity index (χ0n) is 24.0. The van der Waals surface area contributed by atoms with Gasteiger partial charge in [-0.15, -0.1) is 0 Å². The predicted molar refractivity (Wildman–Crippen MR) is 161 cm³/mol. The summed E-state index contributed by atoms with van der Waals surface area (Å²) in [6.45, 7) is 7.41. The number of anilines is 1. The highest BCUT2D eigenvalue weighted by atomic mass is 16.6. The molecule has 4 aromatic rings. The van der Waals surface area contributed by atoms with Crippen LogP contribution in [-0.4, -0.2) is 35.8 Å². The standard InChI is InChI=1S/C34H34N4O4/c1-34(2,3)42-33(39)36-28-20-38(21-28)30-16-14-26(18-27(30)19-35)29-15-17-31(40-22-24-10-6-4-7-11-24)37-32(29)41-23-25-12-8-5-9-13-25/h4-18,28H,20-23H2,1-3H3,(H,36,39). The summed E-state index contributed by atoms with van der Waals surface area (Å²) < 4.78 is 17.5. The molecule has 3 aromatic carbocycles. The molecular formula is C34H34N4O4. The van der Waals surface area contributed by atoms with Crippen molar-refractivity contribution in [1.82, 2.24) is 10.3 Å². The lowest BCUT2D eigenvalue weighted by Gasteiger charge is -2.41. The Labute approximate surface area is 246 Å². The number of benzene rings is 3. The van der Waals surface area contributed by atoms with Gasteiger partial charge in [0.15, 0.2) is 0 Å². The lowest BCUT2D eigenvalue weighted by Crippen LogP contribution is -2.60. The zero-order chi connectivity index (χ0) is 29.5. The van der Waals surface area contributed by atoms with Gasteiger partial charge in [-0.1, -0.05) is 66.7 Å². The molecule has 1 aliphatic rings. The van der Waals surface area contributed by atoms with Crippen LogP contribution >= 0.6 is 0 Å². The van der Waals surface area contributed by atoms with Gasteiger partial charge in [-0.25, -0.2) is 4.79 Å². The summed E-state index contributed by atoms with van der Waals surface area (Å²) in [6.07, 6.45) is -0.435. The van der Waals surface area contributed by atoms with Crippen LogP contribution in [0.1, 0.15) is 37.5 Å². The molecule has 0 atom stereocenters. The third kappa shape index (κ3) is 7.38. The molecule has 1 N–H and O–H groups in total. The van der Waals surface area contributed by atoms with Gasteiger partial charge in [-0.3, -0.25) is 0 Å². The van der Waals surface area contributed by atoms with Crippen LogP contribution in [0.3, 0.4) is 0 Å². The highest BCUT2D eigenvalue weighted by Gasteiger charge is 2.31. The molecule has 0 bridgehead atoms. The second-order valence-corrected chi connectivity index (χ2v) is 11.1. The summed E-state index contributed by atoms with van der Waals surface area (Å²) in [7, 11) is 0. The Balaban J connectivity index is 1.33. The maximum atomic E-state index is 12.1. The molecule has 42 heavy (non-hydrogen) atoms. The van der Waals surface area contributed by atoms with E-state index in [1.807, 2.05) is 112 Å². The number of rotatable bonds is 9. The molecule has 0 aliphatic carbocycles. The first kappa shape index (κ1) is 28.5. The van der Waals surface area contributed by atoms with Crippen molar-refractivity contribution < 1.29 is 19.0 Å². The summed E-state index contributed by atoms with van der Waals surface area (Å²) in [5.41, 5.74) is 4.41. The largest absolute Gasteiger partial charge is 0.473 e. The van der Waals surface area contributed by atoms with Gasteiger partial charge in [-0.2, -0.15) is 10.2 Å². The molecule has 1 saturated heterocycles. The number of carbonyl (C=O) groups excluding carboxylic acids is 1. The zero-order valence-corrected chi connectivity index (χ0v) is 24.0. The molecule has 1 aliphatic heterocycles. The molecule has 1 amide bonds. The molecule has 8 heteroatoms. The Kier molecular flexibility index (Phi) is 8.58. The monoisotopic (exact) mass is 562 g/mol. The Morgan fingerprint density at radius 1 is 0.929 bits per heavy atom. The molecule has 0 saturated carbocycles. The minimum absolute atomic E-state index is 0.0447. The van der Waals surface area contributed by atoms with E-state index >= 15 is 0 Å². The van der Waals surface area contributed by atoms with E-state index in [4.69, 9.17) is 19.2 Å². The maximum Gasteiger partial charge on any atom is 0.407 e. The summed E-state index contributed by atoms with van der Waals surface area (Å²) in [4.78, 5) is 18.9. The van der Waals surface area contributed by atoms with Crippen LogP contribution in [0, 0.1) is 11.3 Å². The van der Waals surface area contributed by atoms with Gasteiger partial charge in [0, 0.05) is 24.7 Å². The number of carbonyl (C=O) groups is 1. The molecule has 5 rings (SSSR count). The van der Waals surface area contributed by atoms with Crippen LogP contribution in [0.15, 0.2) is 91.0 Å². The maximum absolute atomic E-state index is 12.1. The average Bonchev–Trinajstić information content (AvgIpc) is 2.96. The van der Waals surface area contributed by atoms with Gasteiger partial charge in [0.1, 0.15) is 24.9 Å². The minimum Gasteiger partial charge on any atom is -0.473 e. The highest BCUT2D eigenvalue weighted by Crippen LogP contribution is 2.35. The number of nitrogens with one attached hydrogen (secondary N) is 1. The van der Waals surface area contributed by atoms with E-state index in [9.17, 15) is 10.1 Å². The van der Waals surface area contributed by atoms with Gasteiger partial charge in [0.25, 0.3) is 0 Å². The van der Waals surface area contributed by atoms with Gasteiger partial charge >= 0.3 is 6.09 Å². The Morgan fingerprint density at radius 2 is 1.57 bits per heavy atom. The summed E-state index contributed by atoms with van der Waals surface area (Å²) in [6, 6.07) is 31.5. The van der Waals surface area contributed by atoms with Crippen LogP contribution in [0.2, 0.25) is 0 Å². The molecule has 0 unspecified atom stereocenters. The number of alkyl carbamates (subject to hydrolysis) is 1. The number of pyridine rings is 1. The van der Waals surface area contributed by atoms with Gasteiger partial charge in [0.05, 0.1) is 17.3 Å². The second-order valence-electron chi connectivity index (χ2n) is 11.1. The predicted octanol–water partition coefficient (Wildman–Crippen LogP) is 6.49. The Morgan fingerprint density at radius 3 is 2.19 bits per heavy atom. The van der Waals surface area contributed by atoms with Crippen molar-refractivity contribution in [3.8, 4) is 29.0 Å². The van der Waals surface area contributed by atoms with Crippen molar-refractivity contribution in [3.63, 3.8) is 0 Å². The lowest BCUT2D eigenvalue weighted by molar-refractivity contribution is 0.0496. The molecule has 1 aromatic heterocycles. The number of hydrogen-bond donors (Lipinski definition) is 1. The van der Waals surface area contributed by atoms with E-state index in [0.29, 0.717) is 43.6 Å². The number of hydrogen-bond acceptors (Lipinski definition) is 7. The molecule has 1 fully saturated rings. The molecular weight excluding hydrogens is 528 g/mol. The first-order valence-corrected chi connectivity index (χ1v) is 13.9. The fraction of sp³-hybridized carbons (Fsp3) is 0.265. The second kappa shape index (κ2) is 12.6. The summed E-state index contributed by atoms with van der Waals surface area (Å²) >= 11 is 0. The normalized spacial score (nSPS) is 13.0. The van der Waals surface area contributed by atoms with Crippen LogP contribution < -0.4 is 19.7 Å². The SMILES string of the molecule is CC(C)(C)OC(=O)NC1CN(c2ccc(-c3ccc(OCc4ccccc4)nc3OCc3ccccc3)cc2C#N)C1. The molecule has 214 valence electrons. The van der Waals surface area contributed by atoms with E-state index in [2.05, 4.69) is 16.3 Å². The number of ether oxygens (including phenoxy) is 3. The van der Waals surface area contributed by atoms with E-state index < -0.39 is 11.7 Å². The quantitative estimate of drug-likeness (QED) is 0.249. The van der Waals surface area contributed by atoms with Crippen LogP contribution in [0.4, 0.5) is 10.5 Å². The van der Waals surface area contributed by atoms with Gasteiger partial charge < -0.3 is 24.4 Å². The van der Waals surface area contributed by atoms with Crippen molar-refractivity contribution in [3.05, 3.63) is 108 Å². The van der Waals surface area contributed by atoms with Crippen molar-refractivity contribution in [2.24, 2.45) is 0 Å². The van der Waals surface area contributed by atoms with E-state index in [-0.39, 0.29) is 6.04 Å². The fourth-order valence-electron chi connectivity index (χ4n) is 4.60. The highest BCUT2D eigenvalue weighted by molar-refractivity contribution is 5.75. The number of amides is 1. The van der Waals surface area contributed by atoms with Crippen LogP contribution in [0.5, 0.6) is 11.8 Å².